The molecule has 0 heterocycles. The number of rotatable bonds is 8. The van der Waals surface area contributed by atoms with Gasteiger partial charge in [0.25, 0.3) is 0 Å². The van der Waals surface area contributed by atoms with Gasteiger partial charge in [0.05, 0.1) is 12.7 Å². The first-order valence-electron chi connectivity index (χ1n) is 8.25. The van der Waals surface area contributed by atoms with Gasteiger partial charge >= 0.3 is 0 Å². The third-order valence-corrected chi connectivity index (χ3v) is 4.48. The standard InChI is InChI=1S/C19H33NO2/c1-13-11-18(22-7)16(4)15(3)17(13)12-20-14(2)9-8-10-19(5,6)21/h11,14,20-21H,8-10,12H2,1-7H3/t14-/m0/s1. The van der Waals surface area contributed by atoms with Gasteiger partial charge in [-0.25, -0.2) is 0 Å². The van der Waals surface area contributed by atoms with Crippen molar-refractivity contribution in [2.45, 2.75) is 79.0 Å². The average Bonchev–Trinajstić information content (AvgIpc) is 2.41. The summed E-state index contributed by atoms with van der Waals surface area (Å²) in [4.78, 5) is 0. The Bertz CT molecular complexity index is 489. The lowest BCUT2D eigenvalue weighted by Crippen LogP contribution is -2.27. The van der Waals surface area contributed by atoms with Crippen LogP contribution in [0.1, 0.15) is 62.3 Å². The van der Waals surface area contributed by atoms with Gasteiger partial charge < -0.3 is 15.2 Å². The van der Waals surface area contributed by atoms with Crippen LogP contribution in [0, 0.1) is 20.8 Å². The number of aryl methyl sites for hydroxylation is 1. The molecule has 0 saturated carbocycles. The molecule has 0 aliphatic heterocycles. The molecule has 126 valence electrons. The van der Waals surface area contributed by atoms with Crippen LogP contribution in [-0.4, -0.2) is 23.9 Å². The molecule has 0 saturated heterocycles. The Morgan fingerprint density at radius 1 is 1.23 bits per heavy atom. The minimum absolute atomic E-state index is 0.448. The van der Waals surface area contributed by atoms with Crippen LogP contribution in [0.5, 0.6) is 5.75 Å². The Balaban J connectivity index is 2.59. The summed E-state index contributed by atoms with van der Waals surface area (Å²) < 4.78 is 5.43. The molecule has 0 aliphatic carbocycles. The molecular weight excluding hydrogens is 274 g/mol. The van der Waals surface area contributed by atoms with Crippen LogP contribution in [0.3, 0.4) is 0 Å². The van der Waals surface area contributed by atoms with Crippen LogP contribution >= 0.6 is 0 Å². The summed E-state index contributed by atoms with van der Waals surface area (Å²) in [5.74, 6) is 0.969. The summed E-state index contributed by atoms with van der Waals surface area (Å²) in [5.41, 5.74) is 4.62. The molecule has 1 aromatic carbocycles. The van der Waals surface area contributed by atoms with Crippen molar-refractivity contribution in [3.8, 4) is 5.75 Å². The second-order valence-electron chi connectivity index (χ2n) is 7.11. The van der Waals surface area contributed by atoms with Crippen molar-refractivity contribution >= 4 is 0 Å². The normalized spacial score (nSPS) is 13.3. The Morgan fingerprint density at radius 3 is 2.41 bits per heavy atom. The van der Waals surface area contributed by atoms with E-state index in [1.165, 1.54) is 22.3 Å². The molecule has 0 spiro atoms. The van der Waals surface area contributed by atoms with Crippen molar-refractivity contribution < 1.29 is 9.84 Å². The van der Waals surface area contributed by atoms with Gasteiger partial charge in [0, 0.05) is 12.6 Å². The van der Waals surface area contributed by atoms with E-state index in [0.717, 1.165) is 31.6 Å². The Morgan fingerprint density at radius 2 is 1.86 bits per heavy atom. The smallest absolute Gasteiger partial charge is 0.122 e. The maximum Gasteiger partial charge on any atom is 0.122 e. The largest absolute Gasteiger partial charge is 0.496 e. The fourth-order valence-corrected chi connectivity index (χ4v) is 2.80. The second kappa shape index (κ2) is 7.98. The lowest BCUT2D eigenvalue weighted by Gasteiger charge is -2.21. The highest BCUT2D eigenvalue weighted by Crippen LogP contribution is 2.27. The zero-order valence-corrected chi connectivity index (χ0v) is 15.3. The van der Waals surface area contributed by atoms with Crippen molar-refractivity contribution in [2.24, 2.45) is 0 Å². The van der Waals surface area contributed by atoms with Gasteiger partial charge in [0.15, 0.2) is 0 Å². The van der Waals surface area contributed by atoms with Crippen molar-refractivity contribution in [2.75, 3.05) is 7.11 Å². The molecule has 0 aliphatic rings. The first kappa shape index (κ1) is 19.0. The highest BCUT2D eigenvalue weighted by atomic mass is 16.5. The van der Waals surface area contributed by atoms with E-state index in [9.17, 15) is 5.11 Å². The van der Waals surface area contributed by atoms with Crippen LogP contribution in [-0.2, 0) is 6.54 Å². The predicted octanol–water partition coefficient (Wildman–Crippen LogP) is 4.04. The molecule has 0 amide bonds. The molecule has 2 N–H and O–H groups in total. The number of aliphatic hydroxyl groups is 1. The van der Waals surface area contributed by atoms with Crippen LogP contribution in [0.2, 0.25) is 0 Å². The van der Waals surface area contributed by atoms with Crippen molar-refractivity contribution in [1.82, 2.24) is 5.32 Å². The zero-order valence-electron chi connectivity index (χ0n) is 15.3. The van der Waals surface area contributed by atoms with Crippen molar-refractivity contribution in [3.63, 3.8) is 0 Å². The SMILES string of the molecule is COc1cc(C)c(CN[C@@H](C)CCCC(C)(C)O)c(C)c1C. The van der Waals surface area contributed by atoms with E-state index in [1.807, 2.05) is 13.8 Å². The number of benzene rings is 1. The third-order valence-electron chi connectivity index (χ3n) is 4.48. The van der Waals surface area contributed by atoms with Crippen molar-refractivity contribution in [3.05, 3.63) is 28.3 Å². The molecule has 1 atom stereocenters. The lowest BCUT2D eigenvalue weighted by molar-refractivity contribution is 0.0675. The minimum atomic E-state index is -0.556. The molecule has 0 unspecified atom stereocenters. The van der Waals surface area contributed by atoms with Crippen LogP contribution in [0.4, 0.5) is 0 Å². The van der Waals surface area contributed by atoms with Crippen molar-refractivity contribution in [1.29, 1.82) is 0 Å². The number of nitrogens with one attached hydrogen (secondary N) is 1. The predicted molar refractivity (Wildman–Crippen MR) is 93.7 cm³/mol. The summed E-state index contributed by atoms with van der Waals surface area (Å²) in [6, 6.07) is 2.57. The molecule has 3 heteroatoms. The summed E-state index contributed by atoms with van der Waals surface area (Å²) in [6.07, 6.45) is 2.97. The third kappa shape index (κ3) is 5.62. The van der Waals surface area contributed by atoms with E-state index in [0.29, 0.717) is 6.04 Å². The number of hydrogen-bond acceptors (Lipinski definition) is 3. The molecule has 0 radical (unpaired) electrons. The zero-order chi connectivity index (χ0) is 16.9. The van der Waals surface area contributed by atoms with Gasteiger partial charge in [-0.3, -0.25) is 0 Å². The van der Waals surface area contributed by atoms with E-state index in [-0.39, 0.29) is 0 Å². The minimum Gasteiger partial charge on any atom is -0.496 e. The average molecular weight is 307 g/mol. The quantitative estimate of drug-likeness (QED) is 0.761. The van der Waals surface area contributed by atoms with Crippen LogP contribution in [0.15, 0.2) is 6.07 Å². The van der Waals surface area contributed by atoms with E-state index in [4.69, 9.17) is 4.74 Å². The van der Waals surface area contributed by atoms with Crippen LogP contribution in [0.25, 0.3) is 0 Å². The molecule has 0 fully saturated rings. The first-order valence-corrected chi connectivity index (χ1v) is 8.25. The van der Waals surface area contributed by atoms with E-state index < -0.39 is 5.60 Å². The van der Waals surface area contributed by atoms with Crippen LogP contribution < -0.4 is 10.1 Å². The molecule has 1 aromatic rings. The maximum atomic E-state index is 9.76. The Labute approximate surface area is 136 Å². The molecule has 0 aromatic heterocycles. The summed E-state index contributed by atoms with van der Waals surface area (Å²) in [7, 11) is 1.73. The van der Waals surface area contributed by atoms with Gasteiger partial charge in [-0.05, 0) is 89.1 Å². The van der Waals surface area contributed by atoms with E-state index >= 15 is 0 Å². The monoisotopic (exact) mass is 307 g/mol. The topological polar surface area (TPSA) is 41.5 Å². The number of methoxy groups -OCH3 is 1. The summed E-state index contributed by atoms with van der Waals surface area (Å²) >= 11 is 0. The molecule has 1 rings (SSSR count). The fraction of sp³-hybridized carbons (Fsp3) is 0.684. The first-order chi connectivity index (χ1) is 10.2. The molecule has 22 heavy (non-hydrogen) atoms. The molecular formula is C19H33NO2. The Hall–Kier alpha value is -1.06. The van der Waals surface area contributed by atoms with E-state index in [2.05, 4.69) is 39.1 Å². The van der Waals surface area contributed by atoms with Gasteiger partial charge in [-0.2, -0.15) is 0 Å². The van der Waals surface area contributed by atoms with Gasteiger partial charge in [0.2, 0.25) is 0 Å². The fourth-order valence-electron chi connectivity index (χ4n) is 2.80. The highest BCUT2D eigenvalue weighted by molar-refractivity contribution is 5.48. The van der Waals surface area contributed by atoms with E-state index in [1.54, 1.807) is 7.11 Å². The van der Waals surface area contributed by atoms with Gasteiger partial charge in [-0.15, -0.1) is 0 Å². The number of hydrogen-bond donors (Lipinski definition) is 2. The summed E-state index contributed by atoms with van der Waals surface area (Å²) in [5, 5.41) is 13.4. The maximum absolute atomic E-state index is 9.76. The number of ether oxygens (including phenoxy) is 1. The van der Waals surface area contributed by atoms with Gasteiger partial charge in [0.1, 0.15) is 5.75 Å². The molecule has 3 nitrogen and oxygen atoms in total. The lowest BCUT2D eigenvalue weighted by atomic mass is 9.96. The summed E-state index contributed by atoms with van der Waals surface area (Å²) in [6.45, 7) is 13.3. The second-order valence-corrected chi connectivity index (χ2v) is 7.11. The highest BCUT2D eigenvalue weighted by Gasteiger charge is 2.14. The Kier molecular flexibility index (Phi) is 6.89. The van der Waals surface area contributed by atoms with Gasteiger partial charge in [-0.1, -0.05) is 0 Å². The molecule has 0 bridgehead atoms.